The number of hydrogen-bond acceptors (Lipinski definition) is 4. The topological polar surface area (TPSA) is 81.7 Å². The average Bonchev–Trinajstić information content (AvgIpc) is 2.18. The molecular weight excluding hydrogens is 210 g/mol. The summed E-state index contributed by atoms with van der Waals surface area (Å²) in [5.74, 6) is -0.277. The van der Waals surface area contributed by atoms with Gasteiger partial charge in [-0.05, 0) is 13.8 Å². The molecule has 0 aromatic carbocycles. The fourth-order valence-corrected chi connectivity index (χ4v) is 1.27. The first-order chi connectivity index (χ1) is 7.63. The molecule has 0 aromatic rings. The zero-order valence-electron chi connectivity index (χ0n) is 9.95. The molecule has 0 saturated heterocycles. The van der Waals surface area contributed by atoms with Crippen LogP contribution in [0.25, 0.3) is 0 Å². The number of rotatable bonds is 8. The summed E-state index contributed by atoms with van der Waals surface area (Å²) < 4.78 is 0. The van der Waals surface area contributed by atoms with Crippen molar-refractivity contribution in [1.29, 1.82) is 0 Å². The maximum absolute atomic E-state index is 11.3. The molecule has 0 heterocycles. The van der Waals surface area contributed by atoms with Gasteiger partial charge in [0.25, 0.3) is 0 Å². The van der Waals surface area contributed by atoms with Crippen LogP contribution in [-0.2, 0) is 9.59 Å². The fraction of sp³-hybridized carbons (Fsp3) is 0.800. The van der Waals surface area contributed by atoms with E-state index in [-0.39, 0.29) is 31.5 Å². The molecule has 0 aromatic heterocycles. The van der Waals surface area contributed by atoms with E-state index < -0.39 is 0 Å². The van der Waals surface area contributed by atoms with E-state index in [9.17, 15) is 9.59 Å². The lowest BCUT2D eigenvalue weighted by atomic mass is 10.4. The lowest BCUT2D eigenvalue weighted by Crippen LogP contribution is -2.43. The summed E-state index contributed by atoms with van der Waals surface area (Å²) in [5.41, 5.74) is 0. The van der Waals surface area contributed by atoms with E-state index in [0.29, 0.717) is 19.6 Å². The highest BCUT2D eigenvalue weighted by Gasteiger charge is 2.12. The van der Waals surface area contributed by atoms with E-state index in [1.165, 1.54) is 0 Å². The van der Waals surface area contributed by atoms with Crippen molar-refractivity contribution in [3.8, 4) is 0 Å². The van der Waals surface area contributed by atoms with Crippen LogP contribution in [-0.4, -0.2) is 61.2 Å². The van der Waals surface area contributed by atoms with Gasteiger partial charge in [0, 0.05) is 19.6 Å². The van der Waals surface area contributed by atoms with Crippen molar-refractivity contribution in [2.45, 2.75) is 13.8 Å². The molecule has 0 aliphatic carbocycles. The standard InChI is InChI=1S/C10H21N3O3/c1-3-11-9(15)7-13(5-6-14)8-10(16)12-4-2/h14H,3-8H2,1-2H3,(H,11,15)(H,12,16). The maximum atomic E-state index is 11.3. The molecule has 0 unspecified atom stereocenters. The lowest BCUT2D eigenvalue weighted by Gasteiger charge is -2.19. The van der Waals surface area contributed by atoms with Crippen LogP contribution in [0.15, 0.2) is 0 Å². The molecular formula is C10H21N3O3. The van der Waals surface area contributed by atoms with Crippen molar-refractivity contribution in [2.24, 2.45) is 0 Å². The molecule has 0 atom stereocenters. The second-order valence-electron chi connectivity index (χ2n) is 3.34. The molecule has 2 amide bonds. The third kappa shape index (κ3) is 7.19. The molecule has 0 aliphatic heterocycles. The summed E-state index contributed by atoms with van der Waals surface area (Å²) in [4.78, 5) is 24.2. The number of likely N-dealkylation sites (N-methyl/N-ethyl adjacent to an activating group) is 2. The summed E-state index contributed by atoms with van der Waals surface area (Å²) in [7, 11) is 0. The molecule has 3 N–H and O–H groups in total. The molecule has 0 saturated carbocycles. The molecule has 0 bridgehead atoms. The first-order valence-corrected chi connectivity index (χ1v) is 5.50. The predicted molar refractivity (Wildman–Crippen MR) is 60.9 cm³/mol. The Balaban J connectivity index is 4.05. The van der Waals surface area contributed by atoms with Gasteiger partial charge in [-0.2, -0.15) is 0 Å². The summed E-state index contributed by atoms with van der Waals surface area (Å²) in [6, 6.07) is 0. The van der Waals surface area contributed by atoms with Gasteiger partial charge < -0.3 is 15.7 Å². The Kier molecular flexibility index (Phi) is 8.46. The Morgan fingerprint density at radius 1 is 1.06 bits per heavy atom. The second kappa shape index (κ2) is 9.11. The van der Waals surface area contributed by atoms with Gasteiger partial charge in [-0.1, -0.05) is 0 Å². The van der Waals surface area contributed by atoms with Crippen LogP contribution >= 0.6 is 0 Å². The van der Waals surface area contributed by atoms with Crippen LogP contribution in [0, 0.1) is 0 Å². The van der Waals surface area contributed by atoms with Gasteiger partial charge >= 0.3 is 0 Å². The van der Waals surface area contributed by atoms with E-state index >= 15 is 0 Å². The van der Waals surface area contributed by atoms with E-state index in [2.05, 4.69) is 10.6 Å². The van der Waals surface area contributed by atoms with Gasteiger partial charge in [0.2, 0.25) is 11.8 Å². The van der Waals surface area contributed by atoms with Crippen molar-refractivity contribution in [2.75, 3.05) is 39.3 Å². The van der Waals surface area contributed by atoms with Gasteiger partial charge in [-0.25, -0.2) is 0 Å². The third-order valence-electron chi connectivity index (χ3n) is 1.90. The minimum absolute atomic E-state index is 0.0706. The molecule has 94 valence electrons. The van der Waals surface area contributed by atoms with Gasteiger partial charge in [-0.3, -0.25) is 14.5 Å². The number of carbonyl (C=O) groups is 2. The van der Waals surface area contributed by atoms with Crippen molar-refractivity contribution < 1.29 is 14.7 Å². The summed E-state index contributed by atoms with van der Waals surface area (Å²) in [6.45, 7) is 5.29. The lowest BCUT2D eigenvalue weighted by molar-refractivity contribution is -0.125. The number of amides is 2. The number of aliphatic hydroxyl groups is 1. The van der Waals surface area contributed by atoms with Crippen LogP contribution in [0.4, 0.5) is 0 Å². The number of hydrogen-bond donors (Lipinski definition) is 3. The first kappa shape index (κ1) is 14.9. The van der Waals surface area contributed by atoms with Crippen LogP contribution < -0.4 is 10.6 Å². The molecule has 0 rings (SSSR count). The zero-order chi connectivity index (χ0) is 12.4. The molecule has 6 heteroatoms. The smallest absolute Gasteiger partial charge is 0.234 e. The molecule has 0 radical (unpaired) electrons. The van der Waals surface area contributed by atoms with Gasteiger partial charge in [0.15, 0.2) is 0 Å². The normalized spacial score (nSPS) is 10.2. The molecule has 0 fully saturated rings. The average molecular weight is 231 g/mol. The largest absolute Gasteiger partial charge is 0.395 e. The van der Waals surface area contributed by atoms with Crippen LogP contribution in [0.1, 0.15) is 13.8 Å². The number of nitrogens with zero attached hydrogens (tertiary/aromatic N) is 1. The minimum atomic E-state index is -0.139. The third-order valence-corrected chi connectivity index (χ3v) is 1.90. The molecule has 0 aliphatic rings. The SMILES string of the molecule is CCNC(=O)CN(CCO)CC(=O)NCC. The number of nitrogens with one attached hydrogen (secondary N) is 2. The summed E-state index contributed by atoms with van der Waals surface area (Å²) >= 11 is 0. The van der Waals surface area contributed by atoms with Crippen molar-refractivity contribution in [3.63, 3.8) is 0 Å². The minimum Gasteiger partial charge on any atom is -0.395 e. The van der Waals surface area contributed by atoms with E-state index in [0.717, 1.165) is 0 Å². The highest BCUT2D eigenvalue weighted by Crippen LogP contribution is 1.87. The Morgan fingerprint density at radius 2 is 1.50 bits per heavy atom. The summed E-state index contributed by atoms with van der Waals surface area (Å²) in [6.07, 6.45) is 0. The van der Waals surface area contributed by atoms with Crippen LogP contribution in [0.5, 0.6) is 0 Å². The zero-order valence-corrected chi connectivity index (χ0v) is 9.95. The molecule has 6 nitrogen and oxygen atoms in total. The molecule has 16 heavy (non-hydrogen) atoms. The Labute approximate surface area is 96.0 Å². The maximum Gasteiger partial charge on any atom is 0.234 e. The Hall–Kier alpha value is -1.14. The van der Waals surface area contributed by atoms with Crippen LogP contribution in [0.2, 0.25) is 0 Å². The summed E-state index contributed by atoms with van der Waals surface area (Å²) in [5, 5.41) is 14.1. The van der Waals surface area contributed by atoms with Gasteiger partial charge in [0.1, 0.15) is 0 Å². The quantitative estimate of drug-likeness (QED) is 0.477. The van der Waals surface area contributed by atoms with Crippen molar-refractivity contribution in [3.05, 3.63) is 0 Å². The van der Waals surface area contributed by atoms with Crippen molar-refractivity contribution >= 4 is 11.8 Å². The first-order valence-electron chi connectivity index (χ1n) is 5.50. The Bertz CT molecular complexity index is 201. The monoisotopic (exact) mass is 231 g/mol. The Morgan fingerprint density at radius 3 is 1.81 bits per heavy atom. The van der Waals surface area contributed by atoms with E-state index in [1.54, 1.807) is 4.90 Å². The number of carbonyl (C=O) groups excluding carboxylic acids is 2. The van der Waals surface area contributed by atoms with Crippen molar-refractivity contribution in [1.82, 2.24) is 15.5 Å². The molecule has 0 spiro atoms. The fourth-order valence-electron chi connectivity index (χ4n) is 1.27. The number of aliphatic hydroxyl groups excluding tert-OH is 1. The highest BCUT2D eigenvalue weighted by molar-refractivity contribution is 5.81. The van der Waals surface area contributed by atoms with E-state index in [1.807, 2.05) is 13.8 Å². The highest BCUT2D eigenvalue weighted by atomic mass is 16.3. The van der Waals surface area contributed by atoms with Gasteiger partial charge in [-0.15, -0.1) is 0 Å². The second-order valence-corrected chi connectivity index (χ2v) is 3.34. The predicted octanol–water partition coefficient (Wildman–Crippen LogP) is -1.45. The van der Waals surface area contributed by atoms with Gasteiger partial charge in [0.05, 0.1) is 19.7 Å². The van der Waals surface area contributed by atoms with E-state index in [4.69, 9.17) is 5.11 Å². The van der Waals surface area contributed by atoms with Crippen LogP contribution in [0.3, 0.4) is 0 Å².